The third-order valence-electron chi connectivity index (χ3n) is 1.27. The van der Waals surface area contributed by atoms with E-state index in [0.717, 1.165) is 11.4 Å². The van der Waals surface area contributed by atoms with Crippen molar-refractivity contribution in [1.29, 1.82) is 0 Å². The summed E-state index contributed by atoms with van der Waals surface area (Å²) in [5.41, 5.74) is 1.07. The molecule has 0 fully saturated rings. The van der Waals surface area contributed by atoms with Gasteiger partial charge in [-0.3, -0.25) is 0 Å². The zero-order valence-corrected chi connectivity index (χ0v) is 6.87. The van der Waals surface area contributed by atoms with Crippen LogP contribution in [0, 0.1) is 6.92 Å². The van der Waals surface area contributed by atoms with Gasteiger partial charge in [-0.05, 0) is 19.4 Å². The summed E-state index contributed by atoms with van der Waals surface area (Å²) in [7, 11) is 0. The zero-order valence-electron chi connectivity index (χ0n) is 6.87. The highest BCUT2D eigenvalue weighted by Gasteiger charge is 1.93. The van der Waals surface area contributed by atoms with E-state index in [9.17, 15) is 0 Å². The lowest BCUT2D eigenvalue weighted by atomic mass is 10.4. The molecule has 0 saturated heterocycles. The van der Waals surface area contributed by atoms with Crippen LogP contribution in [0.4, 0.5) is 0 Å². The molecule has 0 unspecified atom stereocenters. The molecular weight excluding hydrogens is 140 g/mol. The van der Waals surface area contributed by atoms with Crippen molar-refractivity contribution >= 4 is 0 Å². The Labute approximate surface area is 66.4 Å². The molecule has 0 atom stereocenters. The minimum absolute atomic E-state index is 0.511. The van der Waals surface area contributed by atoms with Crippen LogP contribution < -0.4 is 0 Å². The first-order valence-electron chi connectivity index (χ1n) is 3.68. The average Bonchev–Trinajstić information content (AvgIpc) is 2.04. The van der Waals surface area contributed by atoms with E-state index < -0.39 is 0 Å². The maximum atomic E-state index is 5.13. The number of aromatic nitrogens is 2. The molecular formula is C8H12N2O. The van der Waals surface area contributed by atoms with Gasteiger partial charge in [-0.2, -0.15) is 0 Å². The van der Waals surface area contributed by atoms with Crippen LogP contribution >= 0.6 is 0 Å². The smallest absolute Gasteiger partial charge is 0.153 e. The van der Waals surface area contributed by atoms with Crippen molar-refractivity contribution in [3.05, 3.63) is 23.8 Å². The van der Waals surface area contributed by atoms with Crippen molar-refractivity contribution in [2.75, 3.05) is 6.61 Å². The van der Waals surface area contributed by atoms with Crippen LogP contribution in [-0.4, -0.2) is 16.6 Å². The number of hydrogen-bond acceptors (Lipinski definition) is 3. The third kappa shape index (κ3) is 2.63. The Morgan fingerprint density at radius 3 is 2.55 bits per heavy atom. The monoisotopic (exact) mass is 152 g/mol. The highest BCUT2D eigenvalue weighted by molar-refractivity contribution is 5.01. The molecule has 0 spiro atoms. The molecule has 0 aliphatic heterocycles. The van der Waals surface area contributed by atoms with Crippen molar-refractivity contribution in [3.63, 3.8) is 0 Å². The van der Waals surface area contributed by atoms with Crippen LogP contribution in [0.1, 0.15) is 18.3 Å². The molecule has 1 heterocycles. The molecule has 0 N–H and O–H groups in total. The summed E-state index contributed by atoms with van der Waals surface area (Å²) < 4.78 is 5.13. The van der Waals surface area contributed by atoms with Gasteiger partial charge in [0.2, 0.25) is 0 Å². The number of aryl methyl sites for hydroxylation is 1. The predicted molar refractivity (Wildman–Crippen MR) is 42.1 cm³/mol. The highest BCUT2D eigenvalue weighted by Crippen LogP contribution is 1.94. The van der Waals surface area contributed by atoms with Crippen molar-refractivity contribution in [1.82, 2.24) is 9.97 Å². The second-order valence-electron chi connectivity index (χ2n) is 2.31. The SMILES string of the molecule is CCOCc1ncc(C)cn1. The minimum atomic E-state index is 0.511. The van der Waals surface area contributed by atoms with Gasteiger partial charge in [0.05, 0.1) is 0 Å². The summed E-state index contributed by atoms with van der Waals surface area (Å²) in [6, 6.07) is 0. The van der Waals surface area contributed by atoms with Gasteiger partial charge < -0.3 is 4.74 Å². The molecule has 3 heteroatoms. The molecule has 0 saturated carbocycles. The van der Waals surface area contributed by atoms with Crippen LogP contribution in [0.25, 0.3) is 0 Å². The fourth-order valence-electron chi connectivity index (χ4n) is 0.687. The number of hydrogen-bond donors (Lipinski definition) is 0. The summed E-state index contributed by atoms with van der Waals surface area (Å²) in [6.07, 6.45) is 3.59. The van der Waals surface area contributed by atoms with Gasteiger partial charge in [0, 0.05) is 19.0 Å². The van der Waals surface area contributed by atoms with Gasteiger partial charge in [-0.1, -0.05) is 0 Å². The molecule has 1 aromatic heterocycles. The Morgan fingerprint density at radius 1 is 1.36 bits per heavy atom. The first kappa shape index (κ1) is 8.14. The van der Waals surface area contributed by atoms with Crippen molar-refractivity contribution in [3.8, 4) is 0 Å². The maximum absolute atomic E-state index is 5.13. The van der Waals surface area contributed by atoms with Crippen molar-refractivity contribution in [2.45, 2.75) is 20.5 Å². The summed E-state index contributed by atoms with van der Waals surface area (Å²) in [4.78, 5) is 8.16. The fraction of sp³-hybridized carbons (Fsp3) is 0.500. The summed E-state index contributed by atoms with van der Waals surface area (Å²) >= 11 is 0. The quantitative estimate of drug-likeness (QED) is 0.655. The molecule has 0 aromatic carbocycles. The maximum Gasteiger partial charge on any atom is 0.153 e. The van der Waals surface area contributed by atoms with E-state index in [1.165, 1.54) is 0 Å². The molecule has 1 rings (SSSR count). The lowest BCUT2D eigenvalue weighted by Crippen LogP contribution is -1.98. The summed E-state index contributed by atoms with van der Waals surface area (Å²) in [5.74, 6) is 0.748. The van der Waals surface area contributed by atoms with Crippen LogP contribution in [0.2, 0.25) is 0 Å². The fourth-order valence-corrected chi connectivity index (χ4v) is 0.687. The van der Waals surface area contributed by atoms with Gasteiger partial charge in [0.25, 0.3) is 0 Å². The second kappa shape index (κ2) is 4.03. The summed E-state index contributed by atoms with van der Waals surface area (Å²) in [5, 5.41) is 0. The second-order valence-corrected chi connectivity index (χ2v) is 2.31. The molecule has 11 heavy (non-hydrogen) atoms. The minimum Gasteiger partial charge on any atom is -0.374 e. The summed E-state index contributed by atoms with van der Waals surface area (Å²) in [6.45, 7) is 5.13. The Kier molecular flexibility index (Phi) is 2.98. The molecule has 3 nitrogen and oxygen atoms in total. The number of ether oxygens (including phenoxy) is 1. The largest absolute Gasteiger partial charge is 0.374 e. The zero-order chi connectivity index (χ0) is 8.10. The highest BCUT2D eigenvalue weighted by atomic mass is 16.5. The van der Waals surface area contributed by atoms with E-state index in [1.54, 1.807) is 12.4 Å². The van der Waals surface area contributed by atoms with Gasteiger partial charge in [0.1, 0.15) is 6.61 Å². The number of rotatable bonds is 3. The molecule has 0 amide bonds. The molecule has 0 aliphatic rings. The molecule has 0 aliphatic carbocycles. The molecule has 0 radical (unpaired) electrons. The third-order valence-corrected chi connectivity index (χ3v) is 1.27. The van der Waals surface area contributed by atoms with E-state index in [4.69, 9.17) is 4.74 Å². The van der Waals surface area contributed by atoms with E-state index in [2.05, 4.69) is 9.97 Å². The topological polar surface area (TPSA) is 35.0 Å². The first-order valence-corrected chi connectivity index (χ1v) is 3.68. The Morgan fingerprint density at radius 2 is 2.00 bits per heavy atom. The van der Waals surface area contributed by atoms with Crippen LogP contribution in [0.5, 0.6) is 0 Å². The lowest BCUT2D eigenvalue weighted by molar-refractivity contribution is 0.128. The van der Waals surface area contributed by atoms with Crippen LogP contribution in [-0.2, 0) is 11.3 Å². The normalized spacial score (nSPS) is 10.0. The molecule has 0 bridgehead atoms. The van der Waals surface area contributed by atoms with Gasteiger partial charge in [-0.15, -0.1) is 0 Å². The number of nitrogens with zero attached hydrogens (tertiary/aromatic N) is 2. The molecule has 1 aromatic rings. The van der Waals surface area contributed by atoms with Crippen molar-refractivity contribution in [2.24, 2.45) is 0 Å². The average molecular weight is 152 g/mol. The van der Waals surface area contributed by atoms with Crippen LogP contribution in [0.3, 0.4) is 0 Å². The Balaban J connectivity index is 2.52. The van der Waals surface area contributed by atoms with Gasteiger partial charge in [-0.25, -0.2) is 9.97 Å². The first-order chi connectivity index (χ1) is 5.33. The van der Waals surface area contributed by atoms with Gasteiger partial charge >= 0.3 is 0 Å². The van der Waals surface area contributed by atoms with Crippen molar-refractivity contribution < 1.29 is 4.74 Å². The van der Waals surface area contributed by atoms with E-state index in [1.807, 2.05) is 13.8 Å². The van der Waals surface area contributed by atoms with E-state index in [-0.39, 0.29) is 0 Å². The predicted octanol–water partition coefficient (Wildman–Crippen LogP) is 1.32. The lowest BCUT2D eigenvalue weighted by Gasteiger charge is -1.98. The molecule has 60 valence electrons. The standard InChI is InChI=1S/C8H12N2O/c1-3-11-6-8-9-4-7(2)5-10-8/h4-5H,3,6H2,1-2H3. The van der Waals surface area contributed by atoms with E-state index in [0.29, 0.717) is 13.2 Å². The van der Waals surface area contributed by atoms with E-state index >= 15 is 0 Å². The van der Waals surface area contributed by atoms with Crippen LogP contribution in [0.15, 0.2) is 12.4 Å². The Hall–Kier alpha value is -0.960. The van der Waals surface area contributed by atoms with Gasteiger partial charge in [0.15, 0.2) is 5.82 Å². The Bertz CT molecular complexity index is 208.